The van der Waals surface area contributed by atoms with Crippen molar-refractivity contribution < 1.29 is 14.6 Å². The fourth-order valence-corrected chi connectivity index (χ4v) is 1.54. The highest BCUT2D eigenvalue weighted by molar-refractivity contribution is 5.86. The van der Waals surface area contributed by atoms with E-state index in [4.69, 9.17) is 9.84 Å². The molecule has 0 amide bonds. The van der Waals surface area contributed by atoms with E-state index in [1.54, 1.807) is 12.1 Å². The van der Waals surface area contributed by atoms with E-state index in [2.05, 4.69) is 5.10 Å². The zero-order valence-electron chi connectivity index (χ0n) is 10.0. The van der Waals surface area contributed by atoms with Crippen molar-refractivity contribution in [1.29, 1.82) is 0 Å². The maximum Gasteiger partial charge on any atom is 0.341 e. The molecular weight excluding hydrogens is 248 g/mol. The van der Waals surface area contributed by atoms with Gasteiger partial charge in [0.2, 0.25) is 0 Å². The minimum absolute atomic E-state index is 0.189. The fraction of sp³-hybridized carbons (Fsp3) is 0.154. The molecule has 6 heteroatoms. The third kappa shape index (κ3) is 3.19. The molecule has 0 aliphatic heterocycles. The molecule has 1 aromatic heterocycles. The van der Waals surface area contributed by atoms with Gasteiger partial charge in [0.15, 0.2) is 0 Å². The molecular formula is C13H12N2O4. The first-order valence-corrected chi connectivity index (χ1v) is 5.66. The third-order valence-electron chi connectivity index (χ3n) is 2.46. The molecule has 0 fully saturated rings. The van der Waals surface area contributed by atoms with Gasteiger partial charge in [0.25, 0.3) is 5.56 Å². The second-order valence-corrected chi connectivity index (χ2v) is 3.74. The van der Waals surface area contributed by atoms with Crippen molar-refractivity contribution >= 4 is 5.97 Å². The minimum atomic E-state index is -1.26. The quantitative estimate of drug-likeness (QED) is 0.868. The van der Waals surface area contributed by atoms with E-state index in [-0.39, 0.29) is 18.7 Å². The van der Waals surface area contributed by atoms with Crippen LogP contribution in [0.25, 0.3) is 0 Å². The van der Waals surface area contributed by atoms with E-state index in [1.165, 1.54) is 12.3 Å². The lowest BCUT2D eigenvalue weighted by Crippen LogP contribution is -2.29. The Morgan fingerprint density at radius 3 is 2.68 bits per heavy atom. The molecule has 0 aliphatic carbocycles. The molecule has 0 saturated carbocycles. The first-order valence-electron chi connectivity index (χ1n) is 5.66. The van der Waals surface area contributed by atoms with E-state index in [0.717, 1.165) is 4.68 Å². The molecule has 0 radical (unpaired) electrons. The van der Waals surface area contributed by atoms with Gasteiger partial charge < -0.3 is 9.84 Å². The molecule has 2 aromatic rings. The van der Waals surface area contributed by atoms with Crippen molar-refractivity contribution in [3.05, 3.63) is 58.5 Å². The predicted molar refractivity (Wildman–Crippen MR) is 67.4 cm³/mol. The van der Waals surface area contributed by atoms with E-state index in [1.807, 2.05) is 18.2 Å². The van der Waals surface area contributed by atoms with Crippen LogP contribution in [0, 0.1) is 0 Å². The number of carbonyl (C=O) groups is 1. The summed E-state index contributed by atoms with van der Waals surface area (Å²) in [6, 6.07) is 10.3. The molecule has 19 heavy (non-hydrogen) atoms. The van der Waals surface area contributed by atoms with E-state index in [9.17, 15) is 9.59 Å². The van der Waals surface area contributed by atoms with Crippen molar-refractivity contribution in [1.82, 2.24) is 9.78 Å². The van der Waals surface area contributed by atoms with Gasteiger partial charge >= 0.3 is 5.97 Å². The number of carboxylic acid groups (broad SMARTS) is 1. The standard InChI is InChI=1S/C13H12N2O4/c16-12-11(13(17)18)6-7-14-15(12)8-9-19-10-4-2-1-3-5-10/h1-7H,8-9H2,(H,17,18). The molecule has 1 N–H and O–H groups in total. The summed E-state index contributed by atoms with van der Waals surface area (Å²) in [6.45, 7) is 0.425. The van der Waals surface area contributed by atoms with Crippen LogP contribution in [-0.2, 0) is 6.54 Å². The largest absolute Gasteiger partial charge is 0.492 e. The van der Waals surface area contributed by atoms with Gasteiger partial charge in [-0.15, -0.1) is 0 Å². The number of aromatic carboxylic acids is 1. The Morgan fingerprint density at radius 2 is 2.00 bits per heavy atom. The van der Waals surface area contributed by atoms with Crippen molar-refractivity contribution in [2.45, 2.75) is 6.54 Å². The summed E-state index contributed by atoms with van der Waals surface area (Å²) in [6.07, 6.45) is 1.29. The van der Waals surface area contributed by atoms with Crippen molar-refractivity contribution in [3.63, 3.8) is 0 Å². The highest BCUT2D eigenvalue weighted by Crippen LogP contribution is 2.07. The van der Waals surface area contributed by atoms with Crippen LogP contribution in [0.5, 0.6) is 5.75 Å². The fourth-order valence-electron chi connectivity index (χ4n) is 1.54. The smallest absolute Gasteiger partial charge is 0.341 e. The van der Waals surface area contributed by atoms with E-state index >= 15 is 0 Å². The predicted octanol–water partition coefficient (Wildman–Crippen LogP) is 1.02. The van der Waals surface area contributed by atoms with Crippen molar-refractivity contribution in [2.24, 2.45) is 0 Å². The number of para-hydroxylation sites is 1. The first-order chi connectivity index (χ1) is 9.18. The molecule has 0 aliphatic rings. The van der Waals surface area contributed by atoms with Crippen molar-refractivity contribution in [2.75, 3.05) is 6.61 Å². The average molecular weight is 260 g/mol. The van der Waals surface area contributed by atoms with E-state index in [0.29, 0.717) is 5.75 Å². The molecule has 0 spiro atoms. The number of aromatic nitrogens is 2. The van der Waals surface area contributed by atoms with Gasteiger partial charge in [0, 0.05) is 6.20 Å². The first kappa shape index (κ1) is 12.8. The summed E-state index contributed by atoms with van der Waals surface area (Å²) in [5.41, 5.74) is -0.929. The molecule has 2 rings (SSSR count). The number of hydrogen-bond donors (Lipinski definition) is 1. The van der Waals surface area contributed by atoms with Crippen molar-refractivity contribution in [3.8, 4) is 5.75 Å². The van der Waals surface area contributed by atoms with Crippen LogP contribution in [0.2, 0.25) is 0 Å². The van der Waals surface area contributed by atoms with Gasteiger partial charge in [0.05, 0.1) is 6.54 Å². The molecule has 98 valence electrons. The summed E-state index contributed by atoms with van der Waals surface area (Å²) in [5.74, 6) is -0.574. The Morgan fingerprint density at radius 1 is 1.26 bits per heavy atom. The van der Waals surface area contributed by atoms with Gasteiger partial charge in [-0.2, -0.15) is 5.10 Å². The van der Waals surface area contributed by atoms with Crippen LogP contribution in [-0.4, -0.2) is 27.5 Å². The Labute approximate surface area is 108 Å². The molecule has 1 aromatic carbocycles. The Hall–Kier alpha value is -2.63. The third-order valence-corrected chi connectivity index (χ3v) is 2.46. The van der Waals surface area contributed by atoms with Gasteiger partial charge in [-0.3, -0.25) is 4.79 Å². The molecule has 0 saturated heterocycles. The van der Waals surface area contributed by atoms with E-state index < -0.39 is 11.5 Å². The van der Waals surface area contributed by atoms with Crippen LogP contribution >= 0.6 is 0 Å². The Kier molecular flexibility index (Phi) is 3.92. The number of benzene rings is 1. The molecule has 6 nitrogen and oxygen atoms in total. The number of carboxylic acids is 1. The van der Waals surface area contributed by atoms with Crippen LogP contribution in [0.3, 0.4) is 0 Å². The second kappa shape index (κ2) is 5.81. The Balaban J connectivity index is 2.03. The van der Waals surface area contributed by atoms with Gasteiger partial charge in [0.1, 0.15) is 17.9 Å². The van der Waals surface area contributed by atoms with Gasteiger partial charge in [-0.25, -0.2) is 9.48 Å². The van der Waals surface area contributed by atoms with Crippen LogP contribution in [0.1, 0.15) is 10.4 Å². The monoisotopic (exact) mass is 260 g/mol. The summed E-state index contributed by atoms with van der Waals surface area (Å²) < 4.78 is 6.49. The molecule has 0 unspecified atom stereocenters. The van der Waals surface area contributed by atoms with Crippen LogP contribution in [0.4, 0.5) is 0 Å². The zero-order valence-corrected chi connectivity index (χ0v) is 10.0. The molecule has 0 atom stereocenters. The molecule has 1 heterocycles. The lowest BCUT2D eigenvalue weighted by molar-refractivity contribution is 0.0693. The zero-order chi connectivity index (χ0) is 13.7. The number of nitrogens with zero attached hydrogens (tertiary/aromatic N) is 2. The highest BCUT2D eigenvalue weighted by atomic mass is 16.5. The molecule has 0 bridgehead atoms. The highest BCUT2D eigenvalue weighted by Gasteiger charge is 2.10. The van der Waals surface area contributed by atoms with Gasteiger partial charge in [-0.05, 0) is 18.2 Å². The minimum Gasteiger partial charge on any atom is -0.492 e. The van der Waals surface area contributed by atoms with Crippen LogP contribution < -0.4 is 10.3 Å². The summed E-state index contributed by atoms with van der Waals surface area (Å²) in [4.78, 5) is 22.5. The average Bonchev–Trinajstić information content (AvgIpc) is 2.41. The maximum atomic E-state index is 11.7. The summed E-state index contributed by atoms with van der Waals surface area (Å²) in [7, 11) is 0. The number of hydrogen-bond acceptors (Lipinski definition) is 4. The SMILES string of the molecule is O=C(O)c1ccnn(CCOc2ccccc2)c1=O. The van der Waals surface area contributed by atoms with Crippen LogP contribution in [0.15, 0.2) is 47.4 Å². The summed E-state index contributed by atoms with van der Waals surface area (Å²) >= 11 is 0. The lowest BCUT2D eigenvalue weighted by Gasteiger charge is -2.07. The second-order valence-electron chi connectivity index (χ2n) is 3.74. The number of ether oxygens (including phenoxy) is 1. The number of rotatable bonds is 5. The maximum absolute atomic E-state index is 11.7. The normalized spacial score (nSPS) is 10.1. The summed E-state index contributed by atoms with van der Waals surface area (Å²) in [5, 5.41) is 12.6. The topological polar surface area (TPSA) is 81.4 Å². The Bertz CT molecular complexity index is 622. The lowest BCUT2D eigenvalue weighted by atomic mass is 10.3. The van der Waals surface area contributed by atoms with Gasteiger partial charge in [-0.1, -0.05) is 18.2 Å².